The zero-order valence-electron chi connectivity index (χ0n) is 16.6. The van der Waals surface area contributed by atoms with Gasteiger partial charge in [0.05, 0.1) is 28.8 Å². The predicted octanol–water partition coefficient (Wildman–Crippen LogP) is 5.16. The highest BCUT2D eigenvalue weighted by Gasteiger charge is 2.47. The maximum Gasteiger partial charge on any atom is 0.300 e. The van der Waals surface area contributed by atoms with E-state index in [0.717, 1.165) is 0 Å². The van der Waals surface area contributed by atoms with Crippen molar-refractivity contribution in [3.63, 3.8) is 0 Å². The summed E-state index contributed by atoms with van der Waals surface area (Å²) in [7, 11) is 1.39. The van der Waals surface area contributed by atoms with E-state index in [1.54, 1.807) is 12.1 Å². The zero-order chi connectivity index (χ0) is 23.0. The third-order valence-corrected chi connectivity index (χ3v) is 5.59. The van der Waals surface area contributed by atoms with Crippen LogP contribution in [0.3, 0.4) is 0 Å². The molecule has 1 aromatic heterocycles. The lowest BCUT2D eigenvalue weighted by molar-refractivity contribution is -0.132. The van der Waals surface area contributed by atoms with Gasteiger partial charge in [-0.2, -0.15) is 0 Å². The SMILES string of the molecule is COc1c(Cl)cc(/C(O)=C2\C(=O)C(=O)N(c3ccc(F)cc3)C2c2cccnc2)cc1Cl. The van der Waals surface area contributed by atoms with Crippen LogP contribution in [0.25, 0.3) is 5.76 Å². The maximum absolute atomic E-state index is 13.5. The molecule has 1 N–H and O–H groups in total. The van der Waals surface area contributed by atoms with Crippen molar-refractivity contribution in [1.82, 2.24) is 4.98 Å². The minimum absolute atomic E-state index is 0.118. The molecule has 1 unspecified atom stereocenters. The third-order valence-electron chi connectivity index (χ3n) is 5.03. The molecule has 162 valence electrons. The van der Waals surface area contributed by atoms with Crippen LogP contribution in [0.2, 0.25) is 10.0 Å². The van der Waals surface area contributed by atoms with Crippen molar-refractivity contribution >= 4 is 46.3 Å². The number of Topliss-reactive ketones (excluding diaryl/α,β-unsaturated/α-hetero) is 1. The Bertz CT molecular complexity index is 1220. The van der Waals surface area contributed by atoms with Gasteiger partial charge in [-0.05, 0) is 48.0 Å². The molecule has 1 atom stereocenters. The van der Waals surface area contributed by atoms with Crippen LogP contribution in [0.5, 0.6) is 5.75 Å². The van der Waals surface area contributed by atoms with Crippen molar-refractivity contribution in [2.75, 3.05) is 12.0 Å². The van der Waals surface area contributed by atoms with Crippen LogP contribution >= 0.6 is 23.2 Å². The van der Waals surface area contributed by atoms with E-state index in [-0.39, 0.29) is 32.6 Å². The molecule has 1 aliphatic heterocycles. The molecule has 1 fully saturated rings. The molecule has 1 amide bonds. The van der Waals surface area contributed by atoms with Crippen LogP contribution < -0.4 is 9.64 Å². The summed E-state index contributed by atoms with van der Waals surface area (Å²) in [5, 5.41) is 11.3. The molecule has 0 spiro atoms. The van der Waals surface area contributed by atoms with E-state index in [1.807, 2.05) is 0 Å². The average molecular weight is 473 g/mol. The fraction of sp³-hybridized carbons (Fsp3) is 0.0870. The van der Waals surface area contributed by atoms with Crippen molar-refractivity contribution in [2.45, 2.75) is 6.04 Å². The number of aliphatic hydroxyl groups excluding tert-OH is 1. The van der Waals surface area contributed by atoms with Gasteiger partial charge in [-0.3, -0.25) is 19.5 Å². The molecule has 3 aromatic rings. The Labute approximate surface area is 192 Å². The van der Waals surface area contributed by atoms with E-state index < -0.39 is 29.3 Å². The van der Waals surface area contributed by atoms with Crippen molar-refractivity contribution in [1.29, 1.82) is 0 Å². The lowest BCUT2D eigenvalue weighted by atomic mass is 9.96. The monoisotopic (exact) mass is 472 g/mol. The number of ketones is 1. The number of hydrogen-bond donors (Lipinski definition) is 1. The van der Waals surface area contributed by atoms with Gasteiger partial charge in [0.2, 0.25) is 0 Å². The van der Waals surface area contributed by atoms with Crippen molar-refractivity contribution in [2.24, 2.45) is 0 Å². The predicted molar refractivity (Wildman–Crippen MR) is 118 cm³/mol. The smallest absolute Gasteiger partial charge is 0.300 e. The number of nitrogens with zero attached hydrogens (tertiary/aromatic N) is 2. The first-order chi connectivity index (χ1) is 15.3. The van der Waals surface area contributed by atoms with Gasteiger partial charge in [0.1, 0.15) is 11.6 Å². The second kappa shape index (κ2) is 8.61. The number of amides is 1. The van der Waals surface area contributed by atoms with E-state index in [2.05, 4.69) is 4.98 Å². The molecule has 2 heterocycles. The molecule has 2 aromatic carbocycles. The lowest BCUT2D eigenvalue weighted by Crippen LogP contribution is -2.29. The highest BCUT2D eigenvalue weighted by molar-refractivity contribution is 6.51. The van der Waals surface area contributed by atoms with Crippen LogP contribution in [-0.2, 0) is 9.59 Å². The number of aromatic nitrogens is 1. The van der Waals surface area contributed by atoms with Gasteiger partial charge in [-0.1, -0.05) is 29.3 Å². The summed E-state index contributed by atoms with van der Waals surface area (Å²) in [5.41, 5.74) is 0.715. The van der Waals surface area contributed by atoms with Crippen LogP contribution in [0.1, 0.15) is 17.2 Å². The van der Waals surface area contributed by atoms with Crippen LogP contribution in [0.4, 0.5) is 10.1 Å². The molecule has 0 radical (unpaired) electrons. The summed E-state index contributed by atoms with van der Waals surface area (Å²) in [6.45, 7) is 0. The molecule has 6 nitrogen and oxygen atoms in total. The molecule has 32 heavy (non-hydrogen) atoms. The average Bonchev–Trinajstić information content (AvgIpc) is 3.05. The first-order valence-corrected chi connectivity index (χ1v) is 10.1. The number of carbonyl (C=O) groups excluding carboxylic acids is 2. The number of anilines is 1. The number of benzene rings is 2. The van der Waals surface area contributed by atoms with Crippen LogP contribution in [0.15, 0.2) is 66.5 Å². The van der Waals surface area contributed by atoms with Gasteiger partial charge in [-0.25, -0.2) is 4.39 Å². The summed E-state index contributed by atoms with van der Waals surface area (Å²) in [6, 6.07) is 10.2. The Kier molecular flexibility index (Phi) is 5.86. The molecule has 0 aliphatic carbocycles. The standard InChI is InChI=1S/C23H15Cl2FN2O4/c1-32-22-16(24)9-13(10-17(22)25)20(29)18-19(12-3-2-8-27-11-12)28(23(31)21(18)30)15-6-4-14(26)5-7-15/h2-11,19,29H,1H3/b20-18+. The van der Waals surface area contributed by atoms with E-state index in [0.29, 0.717) is 5.56 Å². The summed E-state index contributed by atoms with van der Waals surface area (Å²) in [5.74, 6) is -2.54. The molecule has 1 saturated heterocycles. The second-order valence-corrected chi connectivity index (χ2v) is 7.72. The molecule has 9 heteroatoms. The summed E-state index contributed by atoms with van der Waals surface area (Å²) in [6.07, 6.45) is 3.02. The Morgan fingerprint density at radius 3 is 2.34 bits per heavy atom. The van der Waals surface area contributed by atoms with Gasteiger partial charge in [-0.15, -0.1) is 0 Å². The number of methoxy groups -OCH3 is 1. The van der Waals surface area contributed by atoms with Gasteiger partial charge in [0, 0.05) is 23.6 Å². The first-order valence-electron chi connectivity index (χ1n) is 9.33. The Hall–Kier alpha value is -3.42. The topological polar surface area (TPSA) is 79.7 Å². The zero-order valence-corrected chi connectivity index (χ0v) is 18.1. The number of rotatable bonds is 4. The summed E-state index contributed by atoms with van der Waals surface area (Å²) in [4.78, 5) is 31.3. The van der Waals surface area contributed by atoms with Gasteiger partial charge in [0.15, 0.2) is 5.75 Å². The molecular formula is C23H15Cl2FN2O4. The number of ether oxygens (including phenoxy) is 1. The molecule has 0 saturated carbocycles. The minimum Gasteiger partial charge on any atom is -0.507 e. The Morgan fingerprint density at radius 1 is 1.12 bits per heavy atom. The van der Waals surface area contributed by atoms with E-state index in [1.165, 1.54) is 60.8 Å². The fourth-order valence-corrected chi connectivity index (χ4v) is 4.24. The van der Waals surface area contributed by atoms with Crippen molar-refractivity contribution in [3.05, 3.63) is 93.5 Å². The molecular weight excluding hydrogens is 458 g/mol. The Balaban J connectivity index is 1.94. The van der Waals surface area contributed by atoms with Gasteiger partial charge < -0.3 is 9.84 Å². The normalized spacial score (nSPS) is 17.6. The van der Waals surface area contributed by atoms with E-state index in [9.17, 15) is 19.1 Å². The summed E-state index contributed by atoms with van der Waals surface area (Å²) >= 11 is 12.4. The minimum atomic E-state index is -1.01. The number of halogens is 3. The van der Waals surface area contributed by atoms with E-state index in [4.69, 9.17) is 27.9 Å². The van der Waals surface area contributed by atoms with E-state index >= 15 is 0 Å². The lowest BCUT2D eigenvalue weighted by Gasteiger charge is -2.25. The number of carbonyl (C=O) groups is 2. The molecule has 1 aliphatic rings. The maximum atomic E-state index is 13.5. The number of pyridine rings is 1. The number of aliphatic hydroxyl groups is 1. The quantitative estimate of drug-likeness (QED) is 0.322. The molecule has 4 rings (SSSR count). The largest absolute Gasteiger partial charge is 0.507 e. The highest BCUT2D eigenvalue weighted by atomic mass is 35.5. The second-order valence-electron chi connectivity index (χ2n) is 6.91. The van der Waals surface area contributed by atoms with Gasteiger partial charge in [0.25, 0.3) is 11.7 Å². The van der Waals surface area contributed by atoms with Crippen molar-refractivity contribution < 1.29 is 23.8 Å². The number of hydrogen-bond acceptors (Lipinski definition) is 5. The molecule has 0 bridgehead atoms. The fourth-order valence-electron chi connectivity index (χ4n) is 3.60. The third kappa shape index (κ3) is 3.70. The highest BCUT2D eigenvalue weighted by Crippen LogP contribution is 2.43. The van der Waals surface area contributed by atoms with Crippen LogP contribution in [0, 0.1) is 5.82 Å². The summed E-state index contributed by atoms with van der Waals surface area (Å²) < 4.78 is 18.6. The van der Waals surface area contributed by atoms with Gasteiger partial charge >= 0.3 is 0 Å². The van der Waals surface area contributed by atoms with Crippen LogP contribution in [-0.4, -0.2) is 28.9 Å². The first kappa shape index (κ1) is 21.8. The Morgan fingerprint density at radius 2 is 1.78 bits per heavy atom. The van der Waals surface area contributed by atoms with Crippen molar-refractivity contribution in [3.8, 4) is 5.75 Å².